The number of nitrogens with one attached hydrogen (secondary N) is 1. The number of likely N-dealkylation sites (tertiary alicyclic amines) is 1. The van der Waals surface area contributed by atoms with E-state index in [4.69, 9.17) is 4.52 Å². The van der Waals surface area contributed by atoms with E-state index in [0.29, 0.717) is 30.6 Å². The minimum Gasteiger partial charge on any atom is -0.361 e. The lowest BCUT2D eigenvalue weighted by Crippen LogP contribution is -2.39. The van der Waals surface area contributed by atoms with Crippen LogP contribution in [0.25, 0.3) is 22.5 Å². The summed E-state index contributed by atoms with van der Waals surface area (Å²) in [5.41, 5.74) is 2.37. The molecular formula is C21H21N7O2. The number of benzene rings is 1. The van der Waals surface area contributed by atoms with E-state index in [-0.39, 0.29) is 11.9 Å². The average Bonchev–Trinajstić information content (AvgIpc) is 3.19. The fourth-order valence-corrected chi connectivity index (χ4v) is 4.10. The molecule has 2 aliphatic rings. The first-order chi connectivity index (χ1) is 14.7. The van der Waals surface area contributed by atoms with Gasteiger partial charge < -0.3 is 14.4 Å². The summed E-state index contributed by atoms with van der Waals surface area (Å²) in [5, 5.41) is 13.6. The third-order valence-corrected chi connectivity index (χ3v) is 6.04. The van der Waals surface area contributed by atoms with Gasteiger partial charge in [0.05, 0.1) is 12.2 Å². The highest BCUT2D eigenvalue weighted by molar-refractivity contribution is 5.98. The largest absolute Gasteiger partial charge is 0.361 e. The molecule has 3 aromatic heterocycles. The molecule has 0 atom stereocenters. The van der Waals surface area contributed by atoms with Crippen LogP contribution in [0.2, 0.25) is 0 Å². The lowest BCUT2D eigenvalue weighted by molar-refractivity contribution is 0.0689. The molecule has 9 heteroatoms. The Morgan fingerprint density at radius 3 is 2.83 bits per heavy atom. The van der Waals surface area contributed by atoms with Crippen LogP contribution in [0.4, 0.5) is 0 Å². The summed E-state index contributed by atoms with van der Waals surface area (Å²) < 4.78 is 7.21. The molecule has 0 radical (unpaired) electrons. The van der Waals surface area contributed by atoms with Crippen LogP contribution in [0.3, 0.4) is 0 Å². The molecule has 1 saturated carbocycles. The van der Waals surface area contributed by atoms with Crippen LogP contribution in [-0.4, -0.2) is 54.0 Å². The Kier molecular flexibility index (Phi) is 3.93. The van der Waals surface area contributed by atoms with Crippen LogP contribution >= 0.6 is 0 Å². The molecule has 30 heavy (non-hydrogen) atoms. The highest BCUT2D eigenvalue weighted by Gasteiger charge is 2.30. The standard InChI is InChI=1S/C21H21N7O2/c29-21(15-3-4-17-14(11-15)5-8-22-17)27-9-6-16(7-10-27)28-12-18(24-26-28)20-23-19(25-30-20)13-1-2-13/h3-5,8,11-13,16,22H,1-2,6-7,9-10H2. The molecule has 1 aromatic carbocycles. The predicted octanol–water partition coefficient (Wildman–Crippen LogP) is 3.16. The Bertz CT molecular complexity index is 1210. The van der Waals surface area contributed by atoms with E-state index in [0.717, 1.165) is 48.0 Å². The lowest BCUT2D eigenvalue weighted by Gasteiger charge is -2.31. The number of rotatable bonds is 4. The van der Waals surface area contributed by atoms with E-state index < -0.39 is 0 Å². The van der Waals surface area contributed by atoms with E-state index in [9.17, 15) is 4.79 Å². The minimum absolute atomic E-state index is 0.0781. The molecule has 0 spiro atoms. The van der Waals surface area contributed by atoms with E-state index in [2.05, 4.69) is 25.4 Å². The molecule has 0 bridgehead atoms. The molecule has 2 fully saturated rings. The fourth-order valence-electron chi connectivity index (χ4n) is 4.10. The molecule has 0 unspecified atom stereocenters. The Morgan fingerprint density at radius 2 is 2.00 bits per heavy atom. The Balaban J connectivity index is 1.12. The second kappa shape index (κ2) is 6.79. The number of hydrogen-bond donors (Lipinski definition) is 1. The first-order valence-electron chi connectivity index (χ1n) is 10.4. The van der Waals surface area contributed by atoms with E-state index in [1.54, 1.807) is 0 Å². The number of aromatic nitrogens is 6. The van der Waals surface area contributed by atoms with Crippen molar-refractivity contribution in [1.82, 2.24) is 35.0 Å². The maximum atomic E-state index is 12.9. The molecule has 1 aliphatic heterocycles. The van der Waals surface area contributed by atoms with Gasteiger partial charge in [0.15, 0.2) is 11.5 Å². The zero-order valence-corrected chi connectivity index (χ0v) is 16.4. The zero-order valence-electron chi connectivity index (χ0n) is 16.4. The van der Waals surface area contributed by atoms with Crippen molar-refractivity contribution < 1.29 is 9.32 Å². The SMILES string of the molecule is O=C(c1ccc2[nH]ccc2c1)N1CCC(n2cc(-c3nc(C4CC4)no3)nn2)CC1. The Labute approximate surface area is 172 Å². The second-order valence-corrected chi connectivity index (χ2v) is 8.12. The summed E-state index contributed by atoms with van der Waals surface area (Å²) in [7, 11) is 0. The van der Waals surface area contributed by atoms with Gasteiger partial charge in [0, 0.05) is 41.7 Å². The van der Waals surface area contributed by atoms with Crippen LogP contribution < -0.4 is 0 Å². The maximum Gasteiger partial charge on any atom is 0.280 e. The molecule has 9 nitrogen and oxygen atoms in total. The minimum atomic E-state index is 0.0781. The monoisotopic (exact) mass is 403 g/mol. The highest BCUT2D eigenvalue weighted by atomic mass is 16.5. The molecule has 1 aliphatic carbocycles. The third kappa shape index (κ3) is 3.06. The first kappa shape index (κ1) is 17.4. The van der Waals surface area contributed by atoms with Crippen molar-refractivity contribution in [1.29, 1.82) is 0 Å². The van der Waals surface area contributed by atoms with Gasteiger partial charge in [-0.1, -0.05) is 10.4 Å². The Hall–Kier alpha value is -3.49. The number of carbonyl (C=O) groups is 1. The normalized spacial score (nSPS) is 17.7. The van der Waals surface area contributed by atoms with Gasteiger partial charge in [-0.2, -0.15) is 4.98 Å². The number of nitrogens with zero attached hydrogens (tertiary/aromatic N) is 6. The predicted molar refractivity (Wildman–Crippen MR) is 108 cm³/mol. The van der Waals surface area contributed by atoms with Crippen molar-refractivity contribution in [3.63, 3.8) is 0 Å². The van der Waals surface area contributed by atoms with Crippen molar-refractivity contribution in [3.05, 3.63) is 48.0 Å². The number of piperidine rings is 1. The first-order valence-corrected chi connectivity index (χ1v) is 10.4. The van der Waals surface area contributed by atoms with Crippen LogP contribution in [0, 0.1) is 0 Å². The molecular weight excluding hydrogens is 382 g/mol. The highest BCUT2D eigenvalue weighted by Crippen LogP contribution is 2.38. The number of aromatic amines is 1. The van der Waals surface area contributed by atoms with Crippen LogP contribution in [0.1, 0.15) is 53.8 Å². The van der Waals surface area contributed by atoms with Gasteiger partial charge in [0.2, 0.25) is 0 Å². The van der Waals surface area contributed by atoms with Crippen molar-refractivity contribution in [2.75, 3.05) is 13.1 Å². The lowest BCUT2D eigenvalue weighted by atomic mass is 10.0. The third-order valence-electron chi connectivity index (χ3n) is 6.04. The van der Waals surface area contributed by atoms with Crippen LogP contribution in [0.15, 0.2) is 41.2 Å². The average molecular weight is 403 g/mol. The molecule has 4 heterocycles. The van der Waals surface area contributed by atoms with Crippen molar-refractivity contribution >= 4 is 16.8 Å². The van der Waals surface area contributed by atoms with Gasteiger partial charge in [-0.05, 0) is 49.9 Å². The van der Waals surface area contributed by atoms with Crippen molar-refractivity contribution in [2.24, 2.45) is 0 Å². The summed E-state index contributed by atoms with van der Waals surface area (Å²) >= 11 is 0. The summed E-state index contributed by atoms with van der Waals surface area (Å²) in [6.07, 6.45) is 7.67. The van der Waals surface area contributed by atoms with Gasteiger partial charge >= 0.3 is 0 Å². The number of hydrogen-bond acceptors (Lipinski definition) is 6. The van der Waals surface area contributed by atoms with Gasteiger partial charge in [0.25, 0.3) is 11.8 Å². The molecule has 1 saturated heterocycles. The number of carbonyl (C=O) groups excluding carboxylic acids is 1. The number of amides is 1. The topological polar surface area (TPSA) is 106 Å². The summed E-state index contributed by atoms with van der Waals surface area (Å²) in [6, 6.07) is 7.98. The van der Waals surface area contributed by atoms with Crippen molar-refractivity contribution in [2.45, 2.75) is 37.6 Å². The molecule has 1 amide bonds. The molecule has 4 aromatic rings. The van der Waals surface area contributed by atoms with Crippen LogP contribution in [-0.2, 0) is 0 Å². The van der Waals surface area contributed by atoms with Gasteiger partial charge in [-0.15, -0.1) is 5.10 Å². The van der Waals surface area contributed by atoms with E-state index in [1.807, 2.05) is 46.2 Å². The number of fused-ring (bicyclic) bond motifs is 1. The quantitative estimate of drug-likeness (QED) is 0.561. The second-order valence-electron chi connectivity index (χ2n) is 8.12. The summed E-state index contributed by atoms with van der Waals surface area (Å²) in [5.74, 6) is 1.71. The van der Waals surface area contributed by atoms with Gasteiger partial charge in [0.1, 0.15) is 0 Å². The number of H-pyrrole nitrogens is 1. The van der Waals surface area contributed by atoms with E-state index >= 15 is 0 Å². The van der Waals surface area contributed by atoms with E-state index in [1.165, 1.54) is 0 Å². The maximum absolute atomic E-state index is 12.9. The molecule has 6 rings (SSSR count). The van der Waals surface area contributed by atoms with Crippen LogP contribution in [0.5, 0.6) is 0 Å². The van der Waals surface area contributed by atoms with Gasteiger partial charge in [-0.3, -0.25) is 4.79 Å². The smallest absolute Gasteiger partial charge is 0.280 e. The fraction of sp³-hybridized carbons (Fsp3) is 0.381. The molecule has 152 valence electrons. The summed E-state index contributed by atoms with van der Waals surface area (Å²) in [4.78, 5) is 22.4. The van der Waals surface area contributed by atoms with Crippen molar-refractivity contribution in [3.8, 4) is 11.6 Å². The van der Waals surface area contributed by atoms with Gasteiger partial charge in [-0.25, -0.2) is 4.68 Å². The summed E-state index contributed by atoms with van der Waals surface area (Å²) in [6.45, 7) is 1.38. The molecule has 1 N–H and O–H groups in total. The Morgan fingerprint density at radius 1 is 1.13 bits per heavy atom. The zero-order chi connectivity index (χ0) is 20.1.